The first-order valence-corrected chi connectivity index (χ1v) is 11.1. The fraction of sp³-hybridized carbons (Fsp3) is 0.308. The van der Waals surface area contributed by atoms with Crippen LogP contribution in [0.15, 0.2) is 51.7 Å². The maximum atomic E-state index is 12.9. The van der Waals surface area contributed by atoms with E-state index in [1.165, 1.54) is 13.2 Å². The van der Waals surface area contributed by atoms with Gasteiger partial charge in [0, 0.05) is 24.9 Å². The van der Waals surface area contributed by atoms with Crippen LogP contribution in [0.3, 0.4) is 0 Å². The van der Waals surface area contributed by atoms with Gasteiger partial charge in [0.2, 0.25) is 18.4 Å². The molecule has 2 heterocycles. The van der Waals surface area contributed by atoms with Gasteiger partial charge in [0.05, 0.1) is 19.8 Å². The summed E-state index contributed by atoms with van der Waals surface area (Å²) >= 11 is 0. The van der Waals surface area contributed by atoms with Gasteiger partial charge in [-0.05, 0) is 48.7 Å². The summed E-state index contributed by atoms with van der Waals surface area (Å²) in [5.74, 6) is 0.955. The highest BCUT2D eigenvalue weighted by atomic mass is 16.7. The lowest BCUT2D eigenvalue weighted by Crippen LogP contribution is -2.28. The van der Waals surface area contributed by atoms with Crippen molar-refractivity contribution in [1.29, 1.82) is 0 Å². The highest BCUT2D eigenvalue weighted by molar-refractivity contribution is 5.78. The molecule has 184 valence electrons. The van der Waals surface area contributed by atoms with Gasteiger partial charge in [0.25, 0.3) is 0 Å². The second-order valence-corrected chi connectivity index (χ2v) is 8.11. The van der Waals surface area contributed by atoms with Crippen molar-refractivity contribution < 1.29 is 33.3 Å². The average molecular weight is 482 g/mol. The average Bonchev–Trinajstić information content (AvgIpc) is 3.31. The van der Waals surface area contributed by atoms with E-state index in [0.29, 0.717) is 35.8 Å². The van der Waals surface area contributed by atoms with Crippen molar-refractivity contribution in [2.75, 3.05) is 27.6 Å². The molecule has 0 radical (unpaired) electrons. The SMILES string of the molecule is COc1ccc(CCNC(=O)C[C@@H](c2cc(OC)c3c(c2)OCO3)c2c(O)cc(C)oc2=O)cc1. The smallest absolute Gasteiger partial charge is 0.343 e. The van der Waals surface area contributed by atoms with Crippen LogP contribution < -0.4 is 29.9 Å². The Morgan fingerprint density at radius 3 is 2.57 bits per heavy atom. The monoisotopic (exact) mass is 481 g/mol. The molecule has 9 heteroatoms. The summed E-state index contributed by atoms with van der Waals surface area (Å²) in [6, 6.07) is 12.3. The van der Waals surface area contributed by atoms with Crippen LogP contribution in [-0.2, 0) is 11.2 Å². The molecule has 3 aromatic rings. The molecule has 1 amide bonds. The number of fused-ring (bicyclic) bond motifs is 1. The van der Waals surface area contributed by atoms with E-state index in [1.54, 1.807) is 26.2 Å². The first-order chi connectivity index (χ1) is 16.9. The molecule has 4 rings (SSSR count). The Hall–Kier alpha value is -4.14. The maximum Gasteiger partial charge on any atom is 0.343 e. The molecule has 0 aliphatic carbocycles. The van der Waals surface area contributed by atoms with Gasteiger partial charge in [-0.1, -0.05) is 12.1 Å². The summed E-state index contributed by atoms with van der Waals surface area (Å²) in [7, 11) is 3.09. The summed E-state index contributed by atoms with van der Waals surface area (Å²) in [6.07, 6.45) is 0.517. The van der Waals surface area contributed by atoms with Crippen molar-refractivity contribution in [1.82, 2.24) is 5.32 Å². The van der Waals surface area contributed by atoms with Gasteiger partial charge in [-0.3, -0.25) is 4.79 Å². The van der Waals surface area contributed by atoms with Gasteiger partial charge in [-0.15, -0.1) is 0 Å². The van der Waals surface area contributed by atoms with Gasteiger partial charge < -0.3 is 33.8 Å². The first kappa shape index (κ1) is 24.0. The molecule has 2 aromatic carbocycles. The van der Waals surface area contributed by atoms with Crippen molar-refractivity contribution >= 4 is 5.91 Å². The molecule has 1 aliphatic heterocycles. The number of hydrogen-bond donors (Lipinski definition) is 2. The molecule has 2 N–H and O–H groups in total. The zero-order chi connectivity index (χ0) is 24.9. The molecule has 0 saturated heterocycles. The fourth-order valence-corrected chi connectivity index (χ4v) is 4.06. The van der Waals surface area contributed by atoms with Gasteiger partial charge in [-0.25, -0.2) is 4.79 Å². The molecule has 0 unspecified atom stereocenters. The number of hydrogen-bond acceptors (Lipinski definition) is 8. The summed E-state index contributed by atoms with van der Waals surface area (Å²) in [6.45, 7) is 2.00. The van der Waals surface area contributed by atoms with Crippen molar-refractivity contribution in [3.05, 3.63) is 75.3 Å². The van der Waals surface area contributed by atoms with Crippen molar-refractivity contribution in [2.45, 2.75) is 25.7 Å². The minimum absolute atomic E-state index is 0.0122. The van der Waals surface area contributed by atoms with Gasteiger partial charge in [-0.2, -0.15) is 0 Å². The minimum Gasteiger partial charge on any atom is -0.507 e. The Morgan fingerprint density at radius 2 is 1.89 bits per heavy atom. The number of nitrogens with one attached hydrogen (secondary N) is 1. The van der Waals surface area contributed by atoms with Crippen LogP contribution in [0, 0.1) is 6.92 Å². The summed E-state index contributed by atoms with van der Waals surface area (Å²) in [5.41, 5.74) is 0.861. The van der Waals surface area contributed by atoms with Gasteiger partial charge in [0.1, 0.15) is 17.3 Å². The number of carbonyl (C=O) groups is 1. The summed E-state index contributed by atoms with van der Waals surface area (Å²) < 4.78 is 26.8. The second kappa shape index (κ2) is 10.4. The summed E-state index contributed by atoms with van der Waals surface area (Å²) in [4.78, 5) is 25.7. The number of amides is 1. The van der Waals surface area contributed by atoms with Crippen LogP contribution in [-0.4, -0.2) is 38.6 Å². The molecule has 35 heavy (non-hydrogen) atoms. The lowest BCUT2D eigenvalue weighted by Gasteiger charge is -2.19. The van der Waals surface area contributed by atoms with E-state index in [1.807, 2.05) is 24.3 Å². The van der Waals surface area contributed by atoms with E-state index in [-0.39, 0.29) is 36.2 Å². The lowest BCUT2D eigenvalue weighted by atomic mass is 9.88. The van der Waals surface area contributed by atoms with Crippen LogP contribution in [0.5, 0.6) is 28.7 Å². The Kier molecular flexibility index (Phi) is 7.14. The van der Waals surface area contributed by atoms with Gasteiger partial charge >= 0.3 is 5.63 Å². The van der Waals surface area contributed by atoms with Crippen molar-refractivity contribution in [3.63, 3.8) is 0 Å². The Labute approximate surface area is 202 Å². The molecule has 9 nitrogen and oxygen atoms in total. The molecule has 0 saturated carbocycles. The zero-order valence-corrected chi connectivity index (χ0v) is 19.8. The quantitative estimate of drug-likeness (QED) is 0.478. The van der Waals surface area contributed by atoms with E-state index in [4.69, 9.17) is 23.4 Å². The minimum atomic E-state index is -0.809. The van der Waals surface area contributed by atoms with Crippen molar-refractivity contribution in [2.24, 2.45) is 0 Å². The molecule has 1 atom stereocenters. The number of methoxy groups -OCH3 is 2. The third kappa shape index (κ3) is 5.34. The van der Waals surface area contributed by atoms with E-state index in [2.05, 4.69) is 5.32 Å². The standard InChI is InChI=1S/C26H27NO8/c1-15-10-20(28)24(26(30)35-15)19(17-11-21(32-3)25-22(12-17)33-14-34-25)13-23(29)27-9-8-16-4-6-18(31-2)7-5-16/h4-7,10-12,19,28H,8-9,13-14H2,1-3H3,(H,27,29)/t19-/m0/s1. The molecule has 0 fully saturated rings. The number of ether oxygens (including phenoxy) is 4. The lowest BCUT2D eigenvalue weighted by molar-refractivity contribution is -0.121. The maximum absolute atomic E-state index is 12.9. The third-order valence-electron chi connectivity index (χ3n) is 5.81. The van der Waals surface area contributed by atoms with Crippen LogP contribution in [0.4, 0.5) is 0 Å². The second-order valence-electron chi connectivity index (χ2n) is 8.11. The van der Waals surface area contributed by atoms with Crippen LogP contribution in [0.1, 0.15) is 34.8 Å². The molecule has 1 aliphatic rings. The Balaban J connectivity index is 1.58. The number of aryl methyl sites for hydroxylation is 1. The van der Waals surface area contributed by atoms with Crippen LogP contribution in [0.25, 0.3) is 0 Å². The normalized spacial score (nSPS) is 12.8. The molecule has 0 bridgehead atoms. The molecule has 0 spiro atoms. The molecule has 1 aromatic heterocycles. The van der Waals surface area contributed by atoms with E-state index in [9.17, 15) is 14.7 Å². The Morgan fingerprint density at radius 1 is 1.11 bits per heavy atom. The molecular weight excluding hydrogens is 454 g/mol. The van der Waals surface area contributed by atoms with E-state index >= 15 is 0 Å². The van der Waals surface area contributed by atoms with E-state index < -0.39 is 11.5 Å². The predicted molar refractivity (Wildman–Crippen MR) is 127 cm³/mol. The fourth-order valence-electron chi connectivity index (χ4n) is 4.06. The zero-order valence-electron chi connectivity index (χ0n) is 19.8. The topological polar surface area (TPSA) is 116 Å². The van der Waals surface area contributed by atoms with E-state index in [0.717, 1.165) is 11.3 Å². The summed E-state index contributed by atoms with van der Waals surface area (Å²) in [5, 5.41) is 13.5. The number of aromatic hydroxyl groups is 1. The highest BCUT2D eigenvalue weighted by Gasteiger charge is 2.29. The highest BCUT2D eigenvalue weighted by Crippen LogP contribution is 2.45. The van der Waals surface area contributed by atoms with Crippen LogP contribution >= 0.6 is 0 Å². The van der Waals surface area contributed by atoms with Crippen molar-refractivity contribution in [3.8, 4) is 28.7 Å². The number of benzene rings is 2. The van der Waals surface area contributed by atoms with Gasteiger partial charge in [0.15, 0.2) is 11.5 Å². The predicted octanol–water partition coefficient (Wildman–Crippen LogP) is 3.28. The molecular formula is C26H27NO8. The third-order valence-corrected chi connectivity index (χ3v) is 5.81. The largest absolute Gasteiger partial charge is 0.507 e. The Bertz CT molecular complexity index is 1270. The first-order valence-electron chi connectivity index (χ1n) is 11.1. The number of rotatable bonds is 9. The van der Waals surface area contributed by atoms with Crippen LogP contribution in [0.2, 0.25) is 0 Å². The number of carbonyl (C=O) groups excluding carboxylic acids is 1.